The summed E-state index contributed by atoms with van der Waals surface area (Å²) in [5.74, 6) is -0.817. The van der Waals surface area contributed by atoms with E-state index in [9.17, 15) is 18.0 Å². The number of pyridine rings is 1. The number of methoxy groups -OCH3 is 1. The number of carbonyl (C=O) groups is 1. The van der Waals surface area contributed by atoms with Gasteiger partial charge in [-0.15, -0.1) is 0 Å². The summed E-state index contributed by atoms with van der Waals surface area (Å²) >= 11 is 0. The molecular formula is C11H11F3N2O2. The maximum absolute atomic E-state index is 12.8. The predicted molar refractivity (Wildman–Crippen MR) is 57.2 cm³/mol. The standard InChI is InChI=1S/C11H11F3N2O2/c1-18-9(17)7-3-2-6-15-8(7)16-10(4-5-10)11(12,13)14/h2-3,6H,4-5H2,1H3,(H,15,16). The minimum Gasteiger partial charge on any atom is -0.465 e. The normalized spacial score (nSPS) is 17.1. The molecule has 0 saturated heterocycles. The van der Waals surface area contributed by atoms with Gasteiger partial charge in [0.2, 0.25) is 0 Å². The molecule has 98 valence electrons. The third kappa shape index (κ3) is 2.12. The fourth-order valence-corrected chi connectivity index (χ4v) is 1.61. The predicted octanol–water partition coefficient (Wildman–Crippen LogP) is 2.38. The molecule has 0 bridgehead atoms. The van der Waals surface area contributed by atoms with Gasteiger partial charge in [0.1, 0.15) is 16.9 Å². The van der Waals surface area contributed by atoms with Crippen LogP contribution in [0.15, 0.2) is 18.3 Å². The summed E-state index contributed by atoms with van der Waals surface area (Å²) in [5.41, 5.74) is -1.96. The highest BCUT2D eigenvalue weighted by Crippen LogP contribution is 2.51. The molecule has 0 amide bonds. The van der Waals surface area contributed by atoms with Gasteiger partial charge in [-0.2, -0.15) is 13.2 Å². The molecule has 1 aliphatic rings. The van der Waals surface area contributed by atoms with E-state index in [0.29, 0.717) is 0 Å². The van der Waals surface area contributed by atoms with Crippen LogP contribution in [0.25, 0.3) is 0 Å². The van der Waals surface area contributed by atoms with Crippen molar-refractivity contribution in [2.24, 2.45) is 0 Å². The molecule has 0 unspecified atom stereocenters. The zero-order chi connectivity index (χ0) is 13.4. The Kier molecular flexibility index (Phi) is 2.92. The van der Waals surface area contributed by atoms with Gasteiger partial charge < -0.3 is 10.1 Å². The van der Waals surface area contributed by atoms with Crippen LogP contribution in [0.2, 0.25) is 0 Å². The second kappa shape index (κ2) is 4.15. The third-order valence-electron chi connectivity index (χ3n) is 2.86. The summed E-state index contributed by atoms with van der Waals surface area (Å²) in [6.45, 7) is 0. The summed E-state index contributed by atoms with van der Waals surface area (Å²) < 4.78 is 42.9. The average molecular weight is 260 g/mol. The van der Waals surface area contributed by atoms with Crippen molar-refractivity contribution >= 4 is 11.8 Å². The third-order valence-corrected chi connectivity index (χ3v) is 2.86. The number of rotatable bonds is 3. The second-order valence-corrected chi connectivity index (χ2v) is 4.10. The number of hydrogen-bond donors (Lipinski definition) is 1. The number of halogens is 3. The van der Waals surface area contributed by atoms with Crippen LogP contribution in [0.4, 0.5) is 19.0 Å². The van der Waals surface area contributed by atoms with Crippen molar-refractivity contribution in [3.8, 4) is 0 Å². The number of anilines is 1. The first kappa shape index (κ1) is 12.7. The van der Waals surface area contributed by atoms with E-state index in [2.05, 4.69) is 15.0 Å². The zero-order valence-electron chi connectivity index (χ0n) is 9.54. The van der Waals surface area contributed by atoms with E-state index in [-0.39, 0.29) is 24.2 Å². The average Bonchev–Trinajstić information content (AvgIpc) is 3.09. The molecule has 0 spiro atoms. The van der Waals surface area contributed by atoms with Crippen molar-refractivity contribution in [3.63, 3.8) is 0 Å². The molecule has 2 rings (SSSR count). The monoisotopic (exact) mass is 260 g/mol. The van der Waals surface area contributed by atoms with Crippen molar-refractivity contribution in [2.75, 3.05) is 12.4 Å². The van der Waals surface area contributed by atoms with Crippen molar-refractivity contribution in [3.05, 3.63) is 23.9 Å². The number of alkyl halides is 3. The van der Waals surface area contributed by atoms with Crippen LogP contribution in [-0.4, -0.2) is 29.8 Å². The van der Waals surface area contributed by atoms with Gasteiger partial charge in [0.15, 0.2) is 0 Å². The van der Waals surface area contributed by atoms with Crippen molar-refractivity contribution in [1.82, 2.24) is 4.98 Å². The highest BCUT2D eigenvalue weighted by molar-refractivity contribution is 5.94. The van der Waals surface area contributed by atoms with E-state index >= 15 is 0 Å². The first-order chi connectivity index (χ1) is 8.39. The SMILES string of the molecule is COC(=O)c1cccnc1NC1(C(F)(F)F)CC1. The minimum absolute atomic E-state index is 0.00414. The number of esters is 1. The molecule has 1 fully saturated rings. The Morgan fingerprint density at radius 1 is 1.50 bits per heavy atom. The molecule has 1 N–H and O–H groups in total. The van der Waals surface area contributed by atoms with E-state index in [0.717, 1.165) is 7.11 Å². The van der Waals surface area contributed by atoms with Gasteiger partial charge in [0.25, 0.3) is 0 Å². The zero-order valence-corrected chi connectivity index (χ0v) is 9.54. The first-order valence-electron chi connectivity index (χ1n) is 5.28. The van der Waals surface area contributed by atoms with Gasteiger partial charge in [0.05, 0.1) is 7.11 Å². The Hall–Kier alpha value is -1.79. The van der Waals surface area contributed by atoms with Crippen LogP contribution in [0.1, 0.15) is 23.2 Å². The second-order valence-electron chi connectivity index (χ2n) is 4.10. The number of aromatic nitrogens is 1. The lowest BCUT2D eigenvalue weighted by Gasteiger charge is -2.22. The smallest absolute Gasteiger partial charge is 0.411 e. The van der Waals surface area contributed by atoms with Crippen LogP contribution in [-0.2, 0) is 4.74 Å². The molecule has 0 atom stereocenters. The molecule has 0 aromatic carbocycles. The van der Waals surface area contributed by atoms with E-state index < -0.39 is 17.7 Å². The largest absolute Gasteiger partial charge is 0.465 e. The molecular weight excluding hydrogens is 249 g/mol. The van der Waals surface area contributed by atoms with E-state index in [1.54, 1.807) is 0 Å². The van der Waals surface area contributed by atoms with Gasteiger partial charge in [-0.25, -0.2) is 9.78 Å². The fraction of sp³-hybridized carbons (Fsp3) is 0.455. The van der Waals surface area contributed by atoms with Crippen LogP contribution >= 0.6 is 0 Å². The van der Waals surface area contributed by atoms with E-state index in [4.69, 9.17) is 0 Å². The van der Waals surface area contributed by atoms with Gasteiger partial charge >= 0.3 is 12.1 Å². The Labute approximate surface area is 101 Å². The number of ether oxygens (including phenoxy) is 1. The van der Waals surface area contributed by atoms with Crippen LogP contribution in [0, 0.1) is 0 Å². The fourth-order valence-electron chi connectivity index (χ4n) is 1.61. The number of nitrogens with zero attached hydrogens (tertiary/aromatic N) is 1. The van der Waals surface area contributed by atoms with Crippen LogP contribution in [0.3, 0.4) is 0 Å². The maximum atomic E-state index is 12.8. The number of carbonyl (C=O) groups excluding carboxylic acids is 1. The van der Waals surface area contributed by atoms with Crippen molar-refractivity contribution < 1.29 is 22.7 Å². The Morgan fingerprint density at radius 2 is 2.17 bits per heavy atom. The minimum atomic E-state index is -4.36. The molecule has 0 radical (unpaired) electrons. The van der Waals surface area contributed by atoms with Crippen molar-refractivity contribution in [2.45, 2.75) is 24.6 Å². The number of hydrogen-bond acceptors (Lipinski definition) is 4. The molecule has 4 nitrogen and oxygen atoms in total. The molecule has 0 aliphatic heterocycles. The highest BCUT2D eigenvalue weighted by Gasteiger charge is 2.64. The van der Waals surface area contributed by atoms with Gasteiger partial charge in [0, 0.05) is 6.20 Å². The van der Waals surface area contributed by atoms with Gasteiger partial charge in [-0.3, -0.25) is 0 Å². The molecule has 18 heavy (non-hydrogen) atoms. The summed E-state index contributed by atoms with van der Waals surface area (Å²) in [5, 5.41) is 2.32. The first-order valence-corrected chi connectivity index (χ1v) is 5.28. The Balaban J connectivity index is 2.28. The van der Waals surface area contributed by atoms with Gasteiger partial charge in [-0.1, -0.05) is 0 Å². The Morgan fingerprint density at radius 3 is 2.67 bits per heavy atom. The number of nitrogens with one attached hydrogen (secondary N) is 1. The van der Waals surface area contributed by atoms with Crippen molar-refractivity contribution in [1.29, 1.82) is 0 Å². The Bertz CT molecular complexity index is 470. The topological polar surface area (TPSA) is 51.2 Å². The summed E-state index contributed by atoms with van der Waals surface area (Å²) in [7, 11) is 1.16. The van der Waals surface area contributed by atoms with Gasteiger partial charge in [-0.05, 0) is 25.0 Å². The summed E-state index contributed by atoms with van der Waals surface area (Å²) in [4.78, 5) is 15.2. The lowest BCUT2D eigenvalue weighted by atomic mass is 10.2. The lowest BCUT2D eigenvalue weighted by molar-refractivity contribution is -0.151. The summed E-state index contributed by atoms with van der Waals surface area (Å²) in [6.07, 6.45) is -3.08. The molecule has 1 aromatic rings. The van der Waals surface area contributed by atoms with Crippen LogP contribution in [0.5, 0.6) is 0 Å². The summed E-state index contributed by atoms with van der Waals surface area (Å²) in [6, 6.07) is 2.83. The van der Waals surface area contributed by atoms with E-state index in [1.807, 2.05) is 0 Å². The quantitative estimate of drug-likeness (QED) is 0.848. The molecule has 1 saturated carbocycles. The van der Waals surface area contributed by atoms with Crippen LogP contribution < -0.4 is 5.32 Å². The lowest BCUT2D eigenvalue weighted by Crippen LogP contribution is -2.39. The maximum Gasteiger partial charge on any atom is 0.411 e. The van der Waals surface area contributed by atoms with E-state index in [1.165, 1.54) is 18.3 Å². The molecule has 1 heterocycles. The highest BCUT2D eigenvalue weighted by atomic mass is 19.4. The molecule has 1 aromatic heterocycles. The molecule has 7 heteroatoms. The molecule has 1 aliphatic carbocycles.